The summed E-state index contributed by atoms with van der Waals surface area (Å²) in [6.45, 7) is 4.89. The van der Waals surface area contributed by atoms with Crippen LogP contribution in [0.3, 0.4) is 0 Å². The molecule has 1 aliphatic rings. The molecule has 0 aliphatic carbocycles. The van der Waals surface area contributed by atoms with Gasteiger partial charge in [-0.15, -0.1) is 0 Å². The van der Waals surface area contributed by atoms with Gasteiger partial charge in [-0.05, 0) is 38.8 Å². The van der Waals surface area contributed by atoms with Crippen LogP contribution in [0.2, 0.25) is 0 Å². The predicted molar refractivity (Wildman–Crippen MR) is 55.4 cm³/mol. The summed E-state index contributed by atoms with van der Waals surface area (Å²) in [7, 11) is 0. The van der Waals surface area contributed by atoms with Crippen molar-refractivity contribution >= 4 is 0 Å². The first-order chi connectivity index (χ1) is 6.75. The SMILES string of the molecule is Cc1cc(=O)n(C[C@H]2CCCNC2)[nH]1. The molecule has 0 amide bonds. The quantitative estimate of drug-likeness (QED) is 0.721. The molecule has 0 spiro atoms. The smallest absolute Gasteiger partial charge is 0.266 e. The van der Waals surface area contributed by atoms with Crippen molar-refractivity contribution in [3.63, 3.8) is 0 Å². The first-order valence-corrected chi connectivity index (χ1v) is 5.23. The lowest BCUT2D eigenvalue weighted by Gasteiger charge is -2.22. The van der Waals surface area contributed by atoms with Crippen LogP contribution in [0.4, 0.5) is 0 Å². The minimum Gasteiger partial charge on any atom is -0.316 e. The summed E-state index contributed by atoms with van der Waals surface area (Å²) in [6, 6.07) is 1.65. The molecule has 4 nitrogen and oxygen atoms in total. The Bertz CT molecular complexity index is 346. The topological polar surface area (TPSA) is 49.8 Å². The third-order valence-corrected chi connectivity index (χ3v) is 2.76. The summed E-state index contributed by atoms with van der Waals surface area (Å²) in [5, 5.41) is 6.42. The Morgan fingerprint density at radius 3 is 3.07 bits per heavy atom. The lowest BCUT2D eigenvalue weighted by molar-refractivity contribution is 0.321. The largest absolute Gasteiger partial charge is 0.316 e. The van der Waals surface area contributed by atoms with Crippen molar-refractivity contribution in [1.82, 2.24) is 15.1 Å². The van der Waals surface area contributed by atoms with Gasteiger partial charge in [-0.2, -0.15) is 0 Å². The summed E-state index contributed by atoms with van der Waals surface area (Å²) in [4.78, 5) is 11.4. The molecule has 1 aromatic rings. The zero-order valence-electron chi connectivity index (χ0n) is 8.55. The van der Waals surface area contributed by atoms with Crippen molar-refractivity contribution in [1.29, 1.82) is 0 Å². The van der Waals surface area contributed by atoms with Crippen molar-refractivity contribution in [2.45, 2.75) is 26.3 Å². The van der Waals surface area contributed by atoms with Crippen LogP contribution in [0.15, 0.2) is 10.9 Å². The summed E-state index contributed by atoms with van der Waals surface area (Å²) in [6.07, 6.45) is 2.44. The van der Waals surface area contributed by atoms with E-state index in [0.29, 0.717) is 5.92 Å². The zero-order valence-corrected chi connectivity index (χ0v) is 8.55. The second-order valence-electron chi connectivity index (χ2n) is 4.10. The summed E-state index contributed by atoms with van der Waals surface area (Å²) in [5.74, 6) is 0.597. The van der Waals surface area contributed by atoms with Crippen molar-refractivity contribution in [2.24, 2.45) is 5.92 Å². The average Bonchev–Trinajstić information content (AvgIpc) is 2.47. The van der Waals surface area contributed by atoms with E-state index in [-0.39, 0.29) is 5.56 Å². The molecule has 1 saturated heterocycles. The number of hydrogen-bond acceptors (Lipinski definition) is 2. The third kappa shape index (κ3) is 2.07. The lowest BCUT2D eigenvalue weighted by Crippen LogP contribution is -2.34. The van der Waals surface area contributed by atoms with Gasteiger partial charge in [0, 0.05) is 18.3 Å². The molecular formula is C10H17N3O. The Kier molecular flexibility index (Phi) is 2.72. The molecule has 0 unspecified atom stereocenters. The Morgan fingerprint density at radius 1 is 1.64 bits per heavy atom. The molecule has 2 N–H and O–H groups in total. The van der Waals surface area contributed by atoms with Gasteiger partial charge in [-0.3, -0.25) is 14.6 Å². The molecule has 0 bridgehead atoms. The van der Waals surface area contributed by atoms with E-state index in [9.17, 15) is 4.79 Å². The third-order valence-electron chi connectivity index (χ3n) is 2.76. The van der Waals surface area contributed by atoms with Crippen LogP contribution in [0.1, 0.15) is 18.5 Å². The minimum absolute atomic E-state index is 0.0908. The number of hydrogen-bond donors (Lipinski definition) is 2. The molecule has 78 valence electrons. The number of aryl methyl sites for hydroxylation is 1. The van der Waals surface area contributed by atoms with Crippen molar-refractivity contribution < 1.29 is 0 Å². The maximum atomic E-state index is 11.4. The molecule has 1 aliphatic heterocycles. The van der Waals surface area contributed by atoms with Gasteiger partial charge in [0.05, 0.1) is 0 Å². The number of piperidine rings is 1. The molecule has 14 heavy (non-hydrogen) atoms. The van der Waals surface area contributed by atoms with E-state index >= 15 is 0 Å². The Hall–Kier alpha value is -1.03. The van der Waals surface area contributed by atoms with Crippen molar-refractivity contribution in [3.8, 4) is 0 Å². The summed E-state index contributed by atoms with van der Waals surface area (Å²) >= 11 is 0. The van der Waals surface area contributed by atoms with Crippen LogP contribution in [0.25, 0.3) is 0 Å². The fourth-order valence-corrected chi connectivity index (χ4v) is 2.04. The lowest BCUT2D eigenvalue weighted by atomic mass is 10.00. The number of rotatable bonds is 2. The van der Waals surface area contributed by atoms with Gasteiger partial charge < -0.3 is 5.32 Å². The molecule has 1 atom stereocenters. The molecule has 4 heteroatoms. The number of H-pyrrole nitrogens is 1. The van der Waals surface area contributed by atoms with Gasteiger partial charge in [0.2, 0.25) is 0 Å². The highest BCUT2D eigenvalue weighted by molar-refractivity contribution is 4.95. The van der Waals surface area contributed by atoms with Crippen molar-refractivity contribution in [3.05, 3.63) is 22.1 Å². The van der Waals surface area contributed by atoms with Crippen LogP contribution in [0.5, 0.6) is 0 Å². The van der Waals surface area contributed by atoms with Crippen molar-refractivity contribution in [2.75, 3.05) is 13.1 Å². The zero-order chi connectivity index (χ0) is 9.97. The highest BCUT2D eigenvalue weighted by Gasteiger charge is 2.14. The van der Waals surface area contributed by atoms with Gasteiger partial charge in [0.15, 0.2) is 0 Å². The van der Waals surface area contributed by atoms with Gasteiger partial charge >= 0.3 is 0 Å². The molecule has 0 saturated carbocycles. The summed E-state index contributed by atoms with van der Waals surface area (Å²) < 4.78 is 1.72. The standard InChI is InChI=1S/C10H17N3O/c1-8-5-10(14)13(12-8)7-9-3-2-4-11-6-9/h5,9,11-12H,2-4,6-7H2,1H3/t9-/m0/s1. The second kappa shape index (κ2) is 4.00. The number of nitrogens with one attached hydrogen (secondary N) is 2. The molecule has 1 aromatic heterocycles. The van der Waals surface area contributed by atoms with Gasteiger partial charge in [0.25, 0.3) is 5.56 Å². The van der Waals surface area contributed by atoms with Gasteiger partial charge in [0.1, 0.15) is 0 Å². The maximum absolute atomic E-state index is 11.4. The first kappa shape index (κ1) is 9.52. The minimum atomic E-state index is 0.0908. The van der Waals surface area contributed by atoms with E-state index in [4.69, 9.17) is 0 Å². The molecule has 2 heterocycles. The van der Waals surface area contributed by atoms with Crippen LogP contribution < -0.4 is 10.9 Å². The Labute approximate surface area is 83.3 Å². The van der Waals surface area contributed by atoms with E-state index in [0.717, 1.165) is 25.3 Å². The maximum Gasteiger partial charge on any atom is 0.266 e. The van der Waals surface area contributed by atoms with Crippen LogP contribution >= 0.6 is 0 Å². The number of aromatic amines is 1. The van der Waals surface area contributed by atoms with Gasteiger partial charge in [-0.25, -0.2) is 0 Å². The Balaban J connectivity index is 2.02. The monoisotopic (exact) mass is 195 g/mol. The highest BCUT2D eigenvalue weighted by Crippen LogP contribution is 2.10. The van der Waals surface area contributed by atoms with Crippen LogP contribution in [0, 0.1) is 12.8 Å². The fraction of sp³-hybridized carbons (Fsp3) is 0.700. The van der Waals surface area contributed by atoms with E-state index < -0.39 is 0 Å². The van der Waals surface area contributed by atoms with Crippen LogP contribution in [-0.2, 0) is 6.54 Å². The van der Waals surface area contributed by atoms with E-state index in [1.54, 1.807) is 10.7 Å². The highest BCUT2D eigenvalue weighted by atomic mass is 16.1. The van der Waals surface area contributed by atoms with Crippen LogP contribution in [-0.4, -0.2) is 22.9 Å². The van der Waals surface area contributed by atoms with E-state index in [2.05, 4.69) is 10.4 Å². The molecule has 1 fully saturated rings. The van der Waals surface area contributed by atoms with Gasteiger partial charge in [-0.1, -0.05) is 0 Å². The second-order valence-corrected chi connectivity index (χ2v) is 4.10. The average molecular weight is 195 g/mol. The normalized spacial score (nSPS) is 22.5. The summed E-state index contributed by atoms with van der Waals surface area (Å²) in [5.41, 5.74) is 1.03. The Morgan fingerprint density at radius 2 is 2.50 bits per heavy atom. The number of nitrogens with zero attached hydrogens (tertiary/aromatic N) is 1. The number of aromatic nitrogens is 2. The molecule has 2 rings (SSSR count). The molecule has 0 radical (unpaired) electrons. The molecule has 0 aromatic carbocycles. The van der Waals surface area contributed by atoms with E-state index in [1.165, 1.54) is 12.8 Å². The predicted octanol–water partition coefficient (Wildman–Crippen LogP) is 0.484. The van der Waals surface area contributed by atoms with E-state index in [1.807, 2.05) is 6.92 Å². The first-order valence-electron chi connectivity index (χ1n) is 5.23. The fourth-order valence-electron chi connectivity index (χ4n) is 2.04. The molecular weight excluding hydrogens is 178 g/mol.